The van der Waals surface area contributed by atoms with Gasteiger partial charge < -0.3 is 0 Å². The SMILES string of the molecule is C[C@@H]1[C@H](C)CI(N)[C@@H]1C. The molecule has 0 aromatic carbocycles. The summed E-state index contributed by atoms with van der Waals surface area (Å²) < 4.78 is 8.29. The summed E-state index contributed by atoms with van der Waals surface area (Å²) in [6.45, 7) is 7.02. The van der Waals surface area contributed by atoms with E-state index in [-0.39, 0.29) is 0 Å². The van der Waals surface area contributed by atoms with Crippen LogP contribution in [-0.2, 0) is 0 Å². The number of hydrogen-bond donors (Lipinski definition) is 1. The van der Waals surface area contributed by atoms with E-state index in [0.717, 1.165) is 15.8 Å². The Morgan fingerprint density at radius 2 is 1.89 bits per heavy atom. The molecule has 3 atom stereocenters. The van der Waals surface area contributed by atoms with Gasteiger partial charge in [-0.05, 0) is 0 Å². The van der Waals surface area contributed by atoms with Crippen LogP contribution in [0.2, 0.25) is 0 Å². The molecule has 2 heteroatoms. The summed E-state index contributed by atoms with van der Waals surface area (Å²) in [4.78, 5) is 0. The first-order chi connectivity index (χ1) is 4.13. The number of halogens is 1. The van der Waals surface area contributed by atoms with E-state index < -0.39 is 20.1 Å². The van der Waals surface area contributed by atoms with E-state index in [2.05, 4.69) is 20.8 Å². The van der Waals surface area contributed by atoms with E-state index in [1.807, 2.05) is 0 Å². The van der Waals surface area contributed by atoms with Gasteiger partial charge in [0.15, 0.2) is 0 Å². The summed E-state index contributed by atoms with van der Waals surface area (Å²) >= 11 is -0.916. The Bertz CT molecular complexity index is 93.1. The Labute approximate surface area is 65.1 Å². The third-order valence-corrected chi connectivity index (χ3v) is 8.55. The van der Waals surface area contributed by atoms with E-state index in [9.17, 15) is 0 Å². The Balaban J connectivity index is 2.54. The summed E-state index contributed by atoms with van der Waals surface area (Å²) in [5.41, 5.74) is 0. The average Bonchev–Trinajstić information content (AvgIpc) is 1.98. The zero-order valence-electron chi connectivity index (χ0n) is 6.39. The first-order valence-electron chi connectivity index (χ1n) is 3.51. The van der Waals surface area contributed by atoms with Gasteiger partial charge in [0, 0.05) is 0 Å². The number of alkyl halides is 2. The second-order valence-corrected chi connectivity index (χ2v) is 8.43. The molecule has 1 aliphatic rings. The van der Waals surface area contributed by atoms with Crippen molar-refractivity contribution >= 4 is 20.1 Å². The fourth-order valence-electron chi connectivity index (χ4n) is 1.27. The van der Waals surface area contributed by atoms with E-state index in [4.69, 9.17) is 3.95 Å². The zero-order chi connectivity index (χ0) is 7.02. The Morgan fingerprint density at radius 3 is 2.00 bits per heavy atom. The van der Waals surface area contributed by atoms with Crippen molar-refractivity contribution in [2.45, 2.75) is 24.7 Å². The minimum absolute atomic E-state index is 0.893. The van der Waals surface area contributed by atoms with Crippen molar-refractivity contribution in [2.24, 2.45) is 15.8 Å². The van der Waals surface area contributed by atoms with E-state index in [1.54, 1.807) is 0 Å². The second kappa shape index (κ2) is 2.74. The quantitative estimate of drug-likeness (QED) is 0.392. The molecule has 9 heavy (non-hydrogen) atoms. The van der Waals surface area contributed by atoms with Gasteiger partial charge in [-0.3, -0.25) is 0 Å². The topological polar surface area (TPSA) is 26.0 Å². The van der Waals surface area contributed by atoms with Crippen LogP contribution >= 0.6 is 20.1 Å². The first-order valence-corrected chi connectivity index (χ1v) is 7.53. The Morgan fingerprint density at radius 1 is 1.33 bits per heavy atom. The monoisotopic (exact) mass is 241 g/mol. The van der Waals surface area contributed by atoms with Gasteiger partial charge in [0.25, 0.3) is 0 Å². The van der Waals surface area contributed by atoms with Gasteiger partial charge in [-0.25, -0.2) is 0 Å². The molecular weight excluding hydrogens is 225 g/mol. The fourth-order valence-corrected chi connectivity index (χ4v) is 6.64. The van der Waals surface area contributed by atoms with E-state index >= 15 is 0 Å². The molecular formula is C7H16IN. The van der Waals surface area contributed by atoms with Gasteiger partial charge in [-0.2, -0.15) is 0 Å². The molecule has 0 aliphatic carbocycles. The molecule has 0 saturated carbocycles. The van der Waals surface area contributed by atoms with Crippen molar-refractivity contribution in [2.75, 3.05) is 4.43 Å². The third kappa shape index (κ3) is 1.40. The van der Waals surface area contributed by atoms with Crippen LogP contribution in [0.25, 0.3) is 0 Å². The predicted octanol–water partition coefficient (Wildman–Crippen LogP) is 2.04. The fraction of sp³-hybridized carbons (Fsp3) is 1.00. The number of nitrogens with two attached hydrogens (primary N) is 1. The van der Waals surface area contributed by atoms with E-state index in [1.165, 1.54) is 4.43 Å². The molecule has 1 aliphatic heterocycles. The normalized spacial score (nSPS) is 48.0. The summed E-state index contributed by atoms with van der Waals surface area (Å²) in [6, 6.07) is 0. The zero-order valence-corrected chi connectivity index (χ0v) is 8.55. The van der Waals surface area contributed by atoms with Crippen LogP contribution < -0.4 is 3.95 Å². The molecule has 1 saturated heterocycles. The molecule has 0 bridgehead atoms. The molecule has 1 nitrogen and oxygen atoms in total. The van der Waals surface area contributed by atoms with Gasteiger partial charge in [-0.15, -0.1) is 0 Å². The molecule has 0 aromatic rings. The van der Waals surface area contributed by atoms with Crippen LogP contribution in [0.1, 0.15) is 20.8 Å². The molecule has 0 radical (unpaired) electrons. The molecule has 56 valence electrons. The van der Waals surface area contributed by atoms with Gasteiger partial charge in [0.05, 0.1) is 0 Å². The average molecular weight is 241 g/mol. The van der Waals surface area contributed by atoms with Crippen molar-refractivity contribution in [3.8, 4) is 0 Å². The Hall–Kier alpha value is 0.690. The van der Waals surface area contributed by atoms with E-state index in [0.29, 0.717) is 0 Å². The van der Waals surface area contributed by atoms with Crippen LogP contribution in [0.4, 0.5) is 0 Å². The molecule has 1 heterocycles. The second-order valence-electron chi connectivity index (χ2n) is 3.10. The van der Waals surface area contributed by atoms with Crippen LogP contribution in [0.3, 0.4) is 0 Å². The predicted molar refractivity (Wildman–Crippen MR) is 50.9 cm³/mol. The van der Waals surface area contributed by atoms with Crippen molar-refractivity contribution in [3.05, 3.63) is 0 Å². The van der Waals surface area contributed by atoms with Gasteiger partial charge in [-0.1, -0.05) is 0 Å². The summed E-state index contributed by atoms with van der Waals surface area (Å²) in [7, 11) is 0. The van der Waals surface area contributed by atoms with Gasteiger partial charge in [0.2, 0.25) is 0 Å². The molecule has 0 amide bonds. The van der Waals surface area contributed by atoms with Crippen LogP contribution in [-0.4, -0.2) is 8.35 Å². The van der Waals surface area contributed by atoms with Crippen molar-refractivity contribution in [1.82, 2.24) is 0 Å². The van der Waals surface area contributed by atoms with Crippen LogP contribution in [0.5, 0.6) is 0 Å². The van der Waals surface area contributed by atoms with Gasteiger partial charge in [0.1, 0.15) is 0 Å². The van der Waals surface area contributed by atoms with Crippen molar-refractivity contribution in [1.29, 1.82) is 0 Å². The molecule has 0 unspecified atom stereocenters. The molecule has 1 fully saturated rings. The summed E-state index contributed by atoms with van der Waals surface area (Å²) in [5.74, 6) is 1.82. The Kier molecular flexibility index (Phi) is 2.37. The maximum absolute atomic E-state index is 6.02. The number of hydrogen-bond acceptors (Lipinski definition) is 1. The first kappa shape index (κ1) is 7.79. The minimum atomic E-state index is -0.916. The van der Waals surface area contributed by atoms with Crippen LogP contribution in [0, 0.1) is 11.8 Å². The third-order valence-electron chi connectivity index (χ3n) is 2.49. The summed E-state index contributed by atoms with van der Waals surface area (Å²) in [6.07, 6.45) is 0. The van der Waals surface area contributed by atoms with Gasteiger partial charge >= 0.3 is 65.0 Å². The maximum atomic E-state index is 6.02. The van der Waals surface area contributed by atoms with Crippen molar-refractivity contribution in [3.63, 3.8) is 0 Å². The summed E-state index contributed by atoms with van der Waals surface area (Å²) in [5, 5.41) is 0. The molecule has 2 N–H and O–H groups in total. The molecule has 1 rings (SSSR count). The number of rotatable bonds is 0. The van der Waals surface area contributed by atoms with Crippen molar-refractivity contribution < 1.29 is 0 Å². The van der Waals surface area contributed by atoms with Crippen LogP contribution in [0.15, 0.2) is 0 Å². The standard InChI is InChI=1S/C7H16IN/c1-5-4-8(9)7(3)6(5)2/h5-7H,4,9H2,1-3H3/t5-,6-,7-/m1/s1. The molecule has 0 spiro atoms. The molecule has 0 aromatic heterocycles.